The number of rotatable bonds is 8. The predicted octanol–water partition coefficient (Wildman–Crippen LogP) is 1.48. The predicted molar refractivity (Wildman–Crippen MR) is 84.9 cm³/mol. The lowest BCUT2D eigenvalue weighted by Crippen LogP contribution is -2.31. The van der Waals surface area contributed by atoms with E-state index in [-0.39, 0.29) is 6.61 Å². The number of aliphatic hydroxyl groups excluding tert-OH is 1. The number of nitrogens with one attached hydrogen (secondary N) is 2. The fraction of sp³-hybridized carbons (Fsp3) is 0.786. The number of hydrogen-bond donors (Lipinski definition) is 3. The van der Waals surface area contributed by atoms with Gasteiger partial charge in [0.25, 0.3) is 0 Å². The highest BCUT2D eigenvalue weighted by Crippen LogP contribution is 2.18. The third-order valence-corrected chi connectivity index (χ3v) is 3.41. The minimum absolute atomic E-state index is 0.165. The van der Waals surface area contributed by atoms with Gasteiger partial charge < -0.3 is 20.6 Å². The third-order valence-electron chi connectivity index (χ3n) is 3.41. The first-order chi connectivity index (χ1) is 10.3. The summed E-state index contributed by atoms with van der Waals surface area (Å²) in [6, 6.07) is 0. The summed E-state index contributed by atoms with van der Waals surface area (Å²) in [4.78, 5) is 15.6. The lowest BCUT2D eigenvalue weighted by molar-refractivity contribution is 0.292. The van der Waals surface area contributed by atoms with Gasteiger partial charge in [-0.2, -0.15) is 15.0 Å². The number of anilines is 3. The zero-order valence-corrected chi connectivity index (χ0v) is 12.8. The van der Waals surface area contributed by atoms with Crippen LogP contribution in [0.25, 0.3) is 0 Å². The SMILES string of the molecule is CCCNc1nc(NCCCO)nc(N2CCCCC2)n1. The van der Waals surface area contributed by atoms with Crippen LogP contribution in [-0.2, 0) is 0 Å². The molecule has 0 atom stereocenters. The molecule has 0 bridgehead atoms. The largest absolute Gasteiger partial charge is 0.396 e. The normalized spacial score (nSPS) is 15.0. The van der Waals surface area contributed by atoms with Crippen LogP contribution in [0.3, 0.4) is 0 Å². The second kappa shape index (κ2) is 8.61. The average molecular weight is 294 g/mol. The van der Waals surface area contributed by atoms with E-state index in [4.69, 9.17) is 5.11 Å². The summed E-state index contributed by atoms with van der Waals surface area (Å²) in [5.41, 5.74) is 0. The van der Waals surface area contributed by atoms with Gasteiger partial charge in [0.05, 0.1) is 0 Å². The van der Waals surface area contributed by atoms with Crippen molar-refractivity contribution in [3.63, 3.8) is 0 Å². The van der Waals surface area contributed by atoms with Gasteiger partial charge >= 0.3 is 0 Å². The molecule has 3 N–H and O–H groups in total. The molecule has 1 aromatic heterocycles. The molecule has 7 heteroatoms. The van der Waals surface area contributed by atoms with Gasteiger partial charge in [-0.25, -0.2) is 0 Å². The van der Waals surface area contributed by atoms with E-state index in [1.807, 2.05) is 0 Å². The van der Waals surface area contributed by atoms with Crippen molar-refractivity contribution < 1.29 is 5.11 Å². The van der Waals surface area contributed by atoms with Crippen LogP contribution in [0.2, 0.25) is 0 Å². The molecule has 0 spiro atoms. The monoisotopic (exact) mass is 294 g/mol. The van der Waals surface area contributed by atoms with Crippen LogP contribution in [0.5, 0.6) is 0 Å². The topological polar surface area (TPSA) is 86.2 Å². The Balaban J connectivity index is 2.10. The number of nitrogens with zero attached hydrogens (tertiary/aromatic N) is 4. The Kier molecular flexibility index (Phi) is 6.46. The van der Waals surface area contributed by atoms with Crippen LogP contribution >= 0.6 is 0 Å². The molecule has 118 valence electrons. The molecule has 0 aromatic carbocycles. The van der Waals surface area contributed by atoms with Crippen molar-refractivity contribution in [3.05, 3.63) is 0 Å². The summed E-state index contributed by atoms with van der Waals surface area (Å²) in [6.45, 7) is 5.80. The van der Waals surface area contributed by atoms with Gasteiger partial charge in [-0.3, -0.25) is 0 Å². The summed E-state index contributed by atoms with van der Waals surface area (Å²) in [5, 5.41) is 15.2. The second-order valence-electron chi connectivity index (χ2n) is 5.26. The fourth-order valence-corrected chi connectivity index (χ4v) is 2.27. The number of piperidine rings is 1. The molecule has 0 aliphatic carbocycles. The van der Waals surface area contributed by atoms with E-state index in [0.717, 1.165) is 32.0 Å². The van der Waals surface area contributed by atoms with Crippen molar-refractivity contribution in [1.82, 2.24) is 15.0 Å². The molecular weight excluding hydrogens is 268 g/mol. The van der Waals surface area contributed by atoms with E-state index in [0.29, 0.717) is 24.9 Å². The molecule has 1 aliphatic heterocycles. The highest BCUT2D eigenvalue weighted by molar-refractivity contribution is 5.44. The first-order valence-corrected chi connectivity index (χ1v) is 7.93. The second-order valence-corrected chi connectivity index (χ2v) is 5.26. The summed E-state index contributed by atoms with van der Waals surface area (Å²) in [7, 11) is 0. The van der Waals surface area contributed by atoms with Crippen LogP contribution < -0.4 is 15.5 Å². The molecule has 1 saturated heterocycles. The van der Waals surface area contributed by atoms with E-state index in [9.17, 15) is 0 Å². The van der Waals surface area contributed by atoms with E-state index in [1.54, 1.807) is 0 Å². The fourth-order valence-electron chi connectivity index (χ4n) is 2.27. The maximum Gasteiger partial charge on any atom is 0.231 e. The lowest BCUT2D eigenvalue weighted by Gasteiger charge is -2.27. The Morgan fingerprint density at radius 1 is 1.00 bits per heavy atom. The molecule has 2 heterocycles. The first-order valence-electron chi connectivity index (χ1n) is 7.93. The van der Waals surface area contributed by atoms with E-state index in [1.165, 1.54) is 19.3 Å². The van der Waals surface area contributed by atoms with Crippen molar-refractivity contribution in [2.75, 3.05) is 48.3 Å². The van der Waals surface area contributed by atoms with Gasteiger partial charge in [-0.1, -0.05) is 6.92 Å². The minimum atomic E-state index is 0.165. The van der Waals surface area contributed by atoms with Gasteiger partial charge in [0.2, 0.25) is 17.8 Å². The molecule has 1 aliphatic rings. The molecular formula is C14H26N6O. The van der Waals surface area contributed by atoms with Crippen molar-refractivity contribution in [2.24, 2.45) is 0 Å². The number of hydrogen-bond acceptors (Lipinski definition) is 7. The van der Waals surface area contributed by atoms with Crippen LogP contribution in [0.4, 0.5) is 17.8 Å². The zero-order chi connectivity index (χ0) is 14.9. The van der Waals surface area contributed by atoms with Gasteiger partial charge in [0, 0.05) is 32.8 Å². The summed E-state index contributed by atoms with van der Waals surface area (Å²) in [6.07, 6.45) is 5.37. The van der Waals surface area contributed by atoms with Crippen LogP contribution in [0.15, 0.2) is 0 Å². The lowest BCUT2D eigenvalue weighted by atomic mass is 10.1. The van der Waals surface area contributed by atoms with Crippen molar-refractivity contribution in [2.45, 2.75) is 39.0 Å². The smallest absolute Gasteiger partial charge is 0.231 e. The Morgan fingerprint density at radius 3 is 2.29 bits per heavy atom. The summed E-state index contributed by atoms with van der Waals surface area (Å²) >= 11 is 0. The molecule has 0 saturated carbocycles. The van der Waals surface area contributed by atoms with Crippen molar-refractivity contribution >= 4 is 17.8 Å². The van der Waals surface area contributed by atoms with Crippen molar-refractivity contribution in [1.29, 1.82) is 0 Å². The molecule has 0 amide bonds. The number of aromatic nitrogens is 3. The van der Waals surface area contributed by atoms with Crippen molar-refractivity contribution in [3.8, 4) is 0 Å². The zero-order valence-electron chi connectivity index (χ0n) is 12.8. The Hall–Kier alpha value is -1.63. The molecule has 0 radical (unpaired) electrons. The highest BCUT2D eigenvalue weighted by Gasteiger charge is 2.16. The van der Waals surface area contributed by atoms with E-state index in [2.05, 4.69) is 37.4 Å². The molecule has 7 nitrogen and oxygen atoms in total. The Labute approximate surface area is 126 Å². The van der Waals surface area contributed by atoms with E-state index < -0.39 is 0 Å². The third kappa shape index (κ3) is 5.00. The number of aliphatic hydroxyl groups is 1. The van der Waals surface area contributed by atoms with Gasteiger partial charge in [0.1, 0.15) is 0 Å². The molecule has 0 unspecified atom stereocenters. The first kappa shape index (κ1) is 15.8. The minimum Gasteiger partial charge on any atom is -0.396 e. The maximum absolute atomic E-state index is 8.86. The maximum atomic E-state index is 8.86. The van der Waals surface area contributed by atoms with E-state index >= 15 is 0 Å². The Bertz CT molecular complexity index is 422. The van der Waals surface area contributed by atoms with Crippen LogP contribution in [-0.4, -0.2) is 52.8 Å². The average Bonchev–Trinajstić information content (AvgIpc) is 2.54. The van der Waals surface area contributed by atoms with Crippen LogP contribution in [0.1, 0.15) is 39.0 Å². The molecule has 1 aromatic rings. The molecule has 21 heavy (non-hydrogen) atoms. The summed E-state index contributed by atoms with van der Waals surface area (Å²) in [5.74, 6) is 1.95. The van der Waals surface area contributed by atoms with Gasteiger partial charge in [0.15, 0.2) is 0 Å². The van der Waals surface area contributed by atoms with Crippen LogP contribution in [0, 0.1) is 0 Å². The Morgan fingerprint density at radius 2 is 1.67 bits per heavy atom. The van der Waals surface area contributed by atoms with Gasteiger partial charge in [-0.15, -0.1) is 0 Å². The quantitative estimate of drug-likeness (QED) is 0.626. The standard InChI is InChI=1S/C14H26N6O/c1-2-7-15-12-17-13(16-8-6-11-21)19-14(18-12)20-9-4-3-5-10-20/h21H,2-11H2,1H3,(H2,15,16,17,18,19). The highest BCUT2D eigenvalue weighted by atomic mass is 16.3. The molecule has 1 fully saturated rings. The molecule has 2 rings (SSSR count). The summed E-state index contributed by atoms with van der Waals surface area (Å²) < 4.78 is 0. The van der Waals surface area contributed by atoms with Gasteiger partial charge in [-0.05, 0) is 32.1 Å².